The SMILES string of the molecule is CCCNC(Cc1nccn1CCC)c1cc(C)c(C)s1. The van der Waals surface area contributed by atoms with Crippen LogP contribution in [0.15, 0.2) is 18.5 Å². The summed E-state index contributed by atoms with van der Waals surface area (Å²) < 4.78 is 2.29. The van der Waals surface area contributed by atoms with Crippen LogP contribution in [0.5, 0.6) is 0 Å². The summed E-state index contributed by atoms with van der Waals surface area (Å²) in [5.74, 6) is 1.19. The largest absolute Gasteiger partial charge is 0.335 e. The van der Waals surface area contributed by atoms with Crippen LogP contribution in [0.4, 0.5) is 0 Å². The van der Waals surface area contributed by atoms with E-state index in [1.165, 1.54) is 21.1 Å². The third-order valence-electron chi connectivity index (χ3n) is 3.82. The maximum atomic E-state index is 4.57. The van der Waals surface area contributed by atoms with E-state index < -0.39 is 0 Å². The maximum Gasteiger partial charge on any atom is 0.110 e. The predicted octanol–water partition coefficient (Wildman–Crippen LogP) is 4.25. The number of hydrogen-bond donors (Lipinski definition) is 1. The number of aryl methyl sites for hydroxylation is 3. The molecule has 1 unspecified atom stereocenters. The third-order valence-corrected chi connectivity index (χ3v) is 5.09. The molecule has 0 bridgehead atoms. The van der Waals surface area contributed by atoms with Crippen molar-refractivity contribution in [3.05, 3.63) is 39.6 Å². The summed E-state index contributed by atoms with van der Waals surface area (Å²) in [7, 11) is 0. The molecule has 2 heterocycles. The van der Waals surface area contributed by atoms with Crippen LogP contribution in [0.3, 0.4) is 0 Å². The van der Waals surface area contributed by atoms with Crippen molar-refractivity contribution in [1.29, 1.82) is 0 Å². The minimum absolute atomic E-state index is 0.375. The lowest BCUT2D eigenvalue weighted by atomic mass is 10.1. The average Bonchev–Trinajstić information content (AvgIpc) is 3.03. The lowest BCUT2D eigenvalue weighted by Crippen LogP contribution is -2.24. The van der Waals surface area contributed by atoms with Gasteiger partial charge in [-0.25, -0.2) is 4.98 Å². The summed E-state index contributed by atoms with van der Waals surface area (Å²) in [5, 5.41) is 3.69. The first kappa shape index (κ1) is 16.2. The number of imidazole rings is 1. The van der Waals surface area contributed by atoms with Crippen molar-refractivity contribution >= 4 is 11.3 Å². The number of nitrogens with zero attached hydrogens (tertiary/aromatic N) is 2. The van der Waals surface area contributed by atoms with Crippen LogP contribution < -0.4 is 5.32 Å². The molecule has 0 spiro atoms. The Morgan fingerprint density at radius 2 is 2.10 bits per heavy atom. The lowest BCUT2D eigenvalue weighted by Gasteiger charge is -2.17. The van der Waals surface area contributed by atoms with Crippen LogP contribution >= 0.6 is 11.3 Å². The van der Waals surface area contributed by atoms with E-state index in [0.717, 1.165) is 32.4 Å². The number of nitrogens with one attached hydrogen (secondary N) is 1. The number of thiophene rings is 1. The number of rotatable bonds is 8. The quantitative estimate of drug-likeness (QED) is 0.790. The van der Waals surface area contributed by atoms with Gasteiger partial charge in [0, 0.05) is 41.2 Å². The molecule has 1 N–H and O–H groups in total. The second-order valence-electron chi connectivity index (χ2n) is 5.64. The highest BCUT2D eigenvalue weighted by molar-refractivity contribution is 7.12. The number of hydrogen-bond acceptors (Lipinski definition) is 3. The monoisotopic (exact) mass is 305 g/mol. The molecule has 3 nitrogen and oxygen atoms in total. The summed E-state index contributed by atoms with van der Waals surface area (Å²) in [5.41, 5.74) is 1.40. The second kappa shape index (κ2) is 7.76. The van der Waals surface area contributed by atoms with E-state index in [9.17, 15) is 0 Å². The van der Waals surface area contributed by atoms with E-state index in [4.69, 9.17) is 0 Å². The van der Waals surface area contributed by atoms with Gasteiger partial charge < -0.3 is 9.88 Å². The third kappa shape index (κ3) is 4.17. The Morgan fingerprint density at radius 3 is 2.71 bits per heavy atom. The average molecular weight is 305 g/mol. The molecule has 0 aliphatic rings. The van der Waals surface area contributed by atoms with Gasteiger partial charge in [0.05, 0.1) is 0 Å². The fraction of sp³-hybridized carbons (Fsp3) is 0.588. The second-order valence-corrected chi connectivity index (χ2v) is 6.92. The highest BCUT2D eigenvalue weighted by Crippen LogP contribution is 2.28. The van der Waals surface area contributed by atoms with E-state index in [0.29, 0.717) is 6.04 Å². The zero-order chi connectivity index (χ0) is 15.2. The van der Waals surface area contributed by atoms with Gasteiger partial charge in [-0.3, -0.25) is 0 Å². The van der Waals surface area contributed by atoms with Crippen molar-refractivity contribution in [2.45, 2.75) is 59.5 Å². The van der Waals surface area contributed by atoms with E-state index in [1.54, 1.807) is 0 Å². The van der Waals surface area contributed by atoms with Crippen molar-refractivity contribution < 1.29 is 0 Å². The van der Waals surface area contributed by atoms with Crippen LogP contribution in [-0.2, 0) is 13.0 Å². The van der Waals surface area contributed by atoms with Gasteiger partial charge in [0.15, 0.2) is 0 Å². The standard InChI is InChI=1S/C17H27N3S/c1-5-7-18-15(16-11-13(3)14(4)21-16)12-17-19-8-10-20(17)9-6-2/h8,10-11,15,18H,5-7,9,12H2,1-4H3. The van der Waals surface area contributed by atoms with E-state index >= 15 is 0 Å². The molecule has 0 aliphatic heterocycles. The Morgan fingerprint density at radius 1 is 1.29 bits per heavy atom. The first-order chi connectivity index (χ1) is 10.2. The van der Waals surface area contributed by atoms with E-state index in [1.807, 2.05) is 17.5 Å². The van der Waals surface area contributed by atoms with Crippen molar-refractivity contribution in [2.75, 3.05) is 6.54 Å². The van der Waals surface area contributed by atoms with Crippen LogP contribution in [0, 0.1) is 13.8 Å². The zero-order valence-corrected chi connectivity index (χ0v) is 14.5. The van der Waals surface area contributed by atoms with Crippen molar-refractivity contribution in [2.24, 2.45) is 0 Å². The molecule has 0 fully saturated rings. The van der Waals surface area contributed by atoms with Crippen LogP contribution in [0.25, 0.3) is 0 Å². The molecule has 0 saturated carbocycles. The lowest BCUT2D eigenvalue weighted by molar-refractivity contribution is 0.508. The molecule has 2 aromatic rings. The molecule has 2 rings (SSSR count). The van der Waals surface area contributed by atoms with Crippen molar-refractivity contribution in [3.8, 4) is 0 Å². The molecule has 0 amide bonds. The van der Waals surface area contributed by atoms with Gasteiger partial charge in [0.2, 0.25) is 0 Å². The van der Waals surface area contributed by atoms with E-state index in [2.05, 4.69) is 54.8 Å². The Labute approximate surface area is 132 Å². The summed E-state index contributed by atoms with van der Waals surface area (Å²) in [6, 6.07) is 2.71. The summed E-state index contributed by atoms with van der Waals surface area (Å²) in [6.45, 7) is 10.9. The smallest absolute Gasteiger partial charge is 0.110 e. The van der Waals surface area contributed by atoms with Gasteiger partial charge in [-0.05, 0) is 44.9 Å². The summed E-state index contributed by atoms with van der Waals surface area (Å²) in [6.07, 6.45) is 7.29. The summed E-state index contributed by atoms with van der Waals surface area (Å²) >= 11 is 1.91. The minimum Gasteiger partial charge on any atom is -0.335 e. The molecule has 1 atom stereocenters. The molecular weight excluding hydrogens is 278 g/mol. The first-order valence-electron chi connectivity index (χ1n) is 7.96. The van der Waals surface area contributed by atoms with Crippen LogP contribution in [-0.4, -0.2) is 16.1 Å². The van der Waals surface area contributed by atoms with Gasteiger partial charge in [0.25, 0.3) is 0 Å². The van der Waals surface area contributed by atoms with Gasteiger partial charge in [-0.2, -0.15) is 0 Å². The molecule has 0 saturated heterocycles. The fourth-order valence-corrected chi connectivity index (χ4v) is 3.64. The Bertz CT molecular complexity index is 537. The van der Waals surface area contributed by atoms with Crippen molar-refractivity contribution in [1.82, 2.24) is 14.9 Å². The first-order valence-corrected chi connectivity index (χ1v) is 8.77. The Kier molecular flexibility index (Phi) is 6.00. The zero-order valence-electron chi connectivity index (χ0n) is 13.6. The van der Waals surface area contributed by atoms with Gasteiger partial charge in [0.1, 0.15) is 5.82 Å². The summed E-state index contributed by atoms with van der Waals surface area (Å²) in [4.78, 5) is 7.42. The topological polar surface area (TPSA) is 29.9 Å². The normalized spacial score (nSPS) is 12.8. The highest BCUT2D eigenvalue weighted by Gasteiger charge is 2.17. The molecule has 0 aliphatic carbocycles. The number of aromatic nitrogens is 2. The Hall–Kier alpha value is -1.13. The molecule has 116 valence electrons. The maximum absolute atomic E-state index is 4.57. The van der Waals surface area contributed by atoms with Gasteiger partial charge >= 0.3 is 0 Å². The molecule has 4 heteroatoms. The van der Waals surface area contributed by atoms with Gasteiger partial charge in [-0.1, -0.05) is 13.8 Å². The Balaban J connectivity index is 2.17. The molecule has 0 aromatic carbocycles. The molecule has 21 heavy (non-hydrogen) atoms. The fourth-order valence-electron chi connectivity index (χ4n) is 2.52. The van der Waals surface area contributed by atoms with Crippen molar-refractivity contribution in [3.63, 3.8) is 0 Å². The highest BCUT2D eigenvalue weighted by atomic mass is 32.1. The molecular formula is C17H27N3S. The van der Waals surface area contributed by atoms with E-state index in [-0.39, 0.29) is 0 Å². The van der Waals surface area contributed by atoms with Crippen LogP contribution in [0.1, 0.15) is 53.9 Å². The minimum atomic E-state index is 0.375. The molecule has 0 radical (unpaired) electrons. The predicted molar refractivity (Wildman–Crippen MR) is 91.0 cm³/mol. The molecule has 2 aromatic heterocycles. The van der Waals surface area contributed by atoms with Gasteiger partial charge in [-0.15, -0.1) is 11.3 Å². The van der Waals surface area contributed by atoms with Crippen LogP contribution in [0.2, 0.25) is 0 Å².